The third-order valence-electron chi connectivity index (χ3n) is 3.59. The molecule has 0 aliphatic rings. The average molecular weight is 391 g/mol. The molecule has 0 saturated heterocycles. The standard InChI is InChI=1S/C14H15BrN8O/c1-8-5-4-6-9(2)11(8)23-10(17-19-21-23)7-16-14(24)12-13(15)18-20-22(12)3/h4-6H,7H2,1-3H3,(H,16,24). The Hall–Kier alpha value is -2.62. The van der Waals surface area contributed by atoms with Gasteiger partial charge in [0.05, 0.1) is 12.2 Å². The van der Waals surface area contributed by atoms with Crippen molar-refractivity contribution >= 4 is 21.8 Å². The average Bonchev–Trinajstić information content (AvgIpc) is 3.12. The molecule has 0 spiro atoms. The Bertz CT molecular complexity index is 860. The second-order valence-electron chi connectivity index (χ2n) is 5.28. The predicted octanol–water partition coefficient (Wildman–Crippen LogP) is 1.10. The summed E-state index contributed by atoms with van der Waals surface area (Å²) in [5, 5.41) is 22.2. The lowest BCUT2D eigenvalue weighted by molar-refractivity contribution is 0.0939. The van der Waals surface area contributed by atoms with Crippen molar-refractivity contribution in [2.75, 3.05) is 0 Å². The molecule has 0 saturated carbocycles. The Kier molecular flexibility index (Phi) is 4.38. The molecule has 0 bridgehead atoms. The van der Waals surface area contributed by atoms with Crippen molar-refractivity contribution in [3.63, 3.8) is 0 Å². The van der Waals surface area contributed by atoms with Crippen LogP contribution in [0, 0.1) is 13.8 Å². The van der Waals surface area contributed by atoms with Crippen LogP contribution in [0.4, 0.5) is 0 Å². The Balaban J connectivity index is 1.84. The molecule has 0 aliphatic carbocycles. The van der Waals surface area contributed by atoms with E-state index in [4.69, 9.17) is 0 Å². The van der Waals surface area contributed by atoms with E-state index in [1.807, 2.05) is 32.0 Å². The summed E-state index contributed by atoms with van der Waals surface area (Å²) < 4.78 is 3.42. The van der Waals surface area contributed by atoms with E-state index in [0.717, 1.165) is 16.8 Å². The maximum atomic E-state index is 12.3. The number of benzene rings is 1. The number of nitrogens with zero attached hydrogens (tertiary/aromatic N) is 7. The van der Waals surface area contributed by atoms with Crippen molar-refractivity contribution < 1.29 is 4.79 Å². The monoisotopic (exact) mass is 390 g/mol. The summed E-state index contributed by atoms with van der Waals surface area (Å²) in [5.41, 5.74) is 3.35. The summed E-state index contributed by atoms with van der Waals surface area (Å²) in [6.07, 6.45) is 0. The number of aromatic nitrogens is 7. The highest BCUT2D eigenvalue weighted by Gasteiger charge is 2.18. The number of amides is 1. The Labute approximate surface area is 146 Å². The highest BCUT2D eigenvalue weighted by atomic mass is 79.9. The minimum Gasteiger partial charge on any atom is -0.343 e. The third-order valence-corrected chi connectivity index (χ3v) is 4.13. The van der Waals surface area contributed by atoms with Crippen LogP contribution in [0.3, 0.4) is 0 Å². The molecule has 3 aromatic rings. The number of hydrogen-bond donors (Lipinski definition) is 1. The van der Waals surface area contributed by atoms with E-state index in [-0.39, 0.29) is 12.5 Å². The molecule has 0 fully saturated rings. The molecule has 0 radical (unpaired) electrons. The molecule has 2 aromatic heterocycles. The summed E-state index contributed by atoms with van der Waals surface area (Å²) in [7, 11) is 1.65. The summed E-state index contributed by atoms with van der Waals surface area (Å²) in [5.74, 6) is 0.220. The zero-order valence-electron chi connectivity index (χ0n) is 13.4. The number of nitrogens with one attached hydrogen (secondary N) is 1. The van der Waals surface area contributed by atoms with E-state index in [1.165, 1.54) is 4.68 Å². The van der Waals surface area contributed by atoms with E-state index in [2.05, 4.69) is 47.1 Å². The molecule has 0 unspecified atom stereocenters. The molecular formula is C14H15BrN8O. The number of aryl methyl sites for hydroxylation is 3. The first-order valence-electron chi connectivity index (χ1n) is 7.16. The number of hydrogen-bond acceptors (Lipinski definition) is 6. The van der Waals surface area contributed by atoms with Crippen LogP contribution in [0.25, 0.3) is 5.69 Å². The number of carbonyl (C=O) groups is 1. The van der Waals surface area contributed by atoms with Crippen LogP contribution in [0.2, 0.25) is 0 Å². The van der Waals surface area contributed by atoms with Gasteiger partial charge < -0.3 is 5.32 Å². The zero-order valence-corrected chi connectivity index (χ0v) is 14.9. The van der Waals surface area contributed by atoms with E-state index in [0.29, 0.717) is 16.1 Å². The van der Waals surface area contributed by atoms with Crippen LogP contribution >= 0.6 is 15.9 Å². The molecule has 10 heteroatoms. The van der Waals surface area contributed by atoms with Crippen LogP contribution in [0.1, 0.15) is 27.4 Å². The zero-order chi connectivity index (χ0) is 17.3. The lowest BCUT2D eigenvalue weighted by atomic mass is 10.1. The molecule has 9 nitrogen and oxygen atoms in total. The second kappa shape index (κ2) is 6.48. The summed E-state index contributed by atoms with van der Waals surface area (Å²) in [6, 6.07) is 5.96. The minimum absolute atomic E-state index is 0.178. The van der Waals surface area contributed by atoms with Crippen LogP contribution in [-0.4, -0.2) is 41.1 Å². The number of rotatable bonds is 4. The van der Waals surface area contributed by atoms with Gasteiger partial charge in [0.25, 0.3) is 5.91 Å². The van der Waals surface area contributed by atoms with Crippen molar-refractivity contribution in [3.05, 3.63) is 45.4 Å². The van der Waals surface area contributed by atoms with Crippen LogP contribution in [0.5, 0.6) is 0 Å². The van der Waals surface area contributed by atoms with Crippen LogP contribution in [0.15, 0.2) is 22.8 Å². The summed E-state index contributed by atoms with van der Waals surface area (Å²) in [4.78, 5) is 12.3. The van der Waals surface area contributed by atoms with Crippen molar-refractivity contribution in [3.8, 4) is 5.69 Å². The summed E-state index contributed by atoms with van der Waals surface area (Å²) in [6.45, 7) is 4.16. The van der Waals surface area contributed by atoms with Crippen molar-refractivity contribution in [2.24, 2.45) is 7.05 Å². The van der Waals surface area contributed by atoms with Gasteiger partial charge in [-0.1, -0.05) is 23.4 Å². The van der Waals surface area contributed by atoms with Gasteiger partial charge in [0.2, 0.25) is 0 Å². The van der Waals surface area contributed by atoms with Gasteiger partial charge in [0.1, 0.15) is 0 Å². The Morgan fingerprint density at radius 1 is 1.21 bits per heavy atom. The fourth-order valence-electron chi connectivity index (χ4n) is 2.45. The molecule has 24 heavy (non-hydrogen) atoms. The first-order chi connectivity index (χ1) is 11.5. The molecule has 1 aromatic carbocycles. The van der Waals surface area contributed by atoms with E-state index in [1.54, 1.807) is 11.7 Å². The van der Waals surface area contributed by atoms with Gasteiger partial charge in [-0.25, -0.2) is 4.68 Å². The summed E-state index contributed by atoms with van der Waals surface area (Å²) >= 11 is 3.21. The fourth-order valence-corrected chi connectivity index (χ4v) is 2.95. The number of para-hydroxylation sites is 1. The van der Waals surface area contributed by atoms with Gasteiger partial charge >= 0.3 is 0 Å². The molecule has 0 aliphatic heterocycles. The smallest absolute Gasteiger partial charge is 0.272 e. The van der Waals surface area contributed by atoms with Gasteiger partial charge in [-0.05, 0) is 51.3 Å². The highest BCUT2D eigenvalue weighted by molar-refractivity contribution is 9.10. The SMILES string of the molecule is Cc1cccc(C)c1-n1nnnc1CNC(=O)c1c(Br)nnn1C. The van der Waals surface area contributed by atoms with Crippen molar-refractivity contribution in [1.82, 2.24) is 40.5 Å². The number of carbonyl (C=O) groups excluding carboxylic acids is 1. The molecule has 1 N–H and O–H groups in total. The van der Waals surface area contributed by atoms with Gasteiger partial charge in [-0.3, -0.25) is 4.79 Å². The molecule has 124 valence electrons. The number of tetrazole rings is 1. The number of halogens is 1. The second-order valence-corrected chi connectivity index (χ2v) is 6.03. The lowest BCUT2D eigenvalue weighted by Crippen LogP contribution is -2.27. The highest BCUT2D eigenvalue weighted by Crippen LogP contribution is 2.18. The topological polar surface area (TPSA) is 103 Å². The first kappa shape index (κ1) is 16.2. The van der Waals surface area contributed by atoms with Gasteiger partial charge in [0, 0.05) is 7.05 Å². The van der Waals surface area contributed by atoms with E-state index in [9.17, 15) is 4.79 Å². The van der Waals surface area contributed by atoms with E-state index < -0.39 is 0 Å². The molecular weight excluding hydrogens is 376 g/mol. The molecule has 2 heterocycles. The van der Waals surface area contributed by atoms with Gasteiger partial charge in [-0.15, -0.1) is 10.2 Å². The Morgan fingerprint density at radius 2 is 1.92 bits per heavy atom. The normalized spacial score (nSPS) is 10.8. The third kappa shape index (κ3) is 2.92. The lowest BCUT2D eigenvalue weighted by Gasteiger charge is -2.11. The predicted molar refractivity (Wildman–Crippen MR) is 88.5 cm³/mol. The van der Waals surface area contributed by atoms with Crippen molar-refractivity contribution in [1.29, 1.82) is 0 Å². The van der Waals surface area contributed by atoms with Crippen LogP contribution < -0.4 is 5.32 Å². The maximum absolute atomic E-state index is 12.3. The quantitative estimate of drug-likeness (QED) is 0.715. The van der Waals surface area contributed by atoms with E-state index >= 15 is 0 Å². The largest absolute Gasteiger partial charge is 0.343 e. The fraction of sp³-hybridized carbons (Fsp3) is 0.286. The maximum Gasteiger partial charge on any atom is 0.272 e. The van der Waals surface area contributed by atoms with Crippen LogP contribution in [-0.2, 0) is 13.6 Å². The van der Waals surface area contributed by atoms with Gasteiger partial charge in [0.15, 0.2) is 16.1 Å². The molecule has 1 amide bonds. The molecule has 0 atom stereocenters. The van der Waals surface area contributed by atoms with Crippen molar-refractivity contribution in [2.45, 2.75) is 20.4 Å². The first-order valence-corrected chi connectivity index (χ1v) is 7.95. The molecule has 3 rings (SSSR count). The minimum atomic E-state index is -0.314. The van der Waals surface area contributed by atoms with Gasteiger partial charge in [-0.2, -0.15) is 4.68 Å². The Morgan fingerprint density at radius 3 is 2.54 bits per heavy atom.